The van der Waals surface area contributed by atoms with E-state index in [1.165, 1.54) is 10.3 Å². The smallest absolute Gasteiger partial charge is 0.268 e. The number of hydrogen-bond acceptors (Lipinski definition) is 6. The Bertz CT molecular complexity index is 1010. The number of benzene rings is 2. The summed E-state index contributed by atoms with van der Waals surface area (Å²) < 4.78 is 26.7. The molecule has 0 unspecified atom stereocenters. The first-order valence-corrected chi connectivity index (χ1v) is 9.45. The van der Waals surface area contributed by atoms with E-state index in [0.29, 0.717) is 5.56 Å². The molecule has 0 saturated heterocycles. The maximum atomic E-state index is 13.3. The van der Waals surface area contributed by atoms with Gasteiger partial charge in [0.05, 0.1) is 18.1 Å². The van der Waals surface area contributed by atoms with Crippen LogP contribution in [0.2, 0.25) is 0 Å². The molecule has 0 fully saturated rings. The molecule has 8 nitrogen and oxygen atoms in total. The number of amides is 1. The molecule has 1 amide bonds. The highest BCUT2D eigenvalue weighted by Crippen LogP contribution is 2.29. The van der Waals surface area contributed by atoms with Gasteiger partial charge in [-0.3, -0.25) is 15.3 Å². The summed E-state index contributed by atoms with van der Waals surface area (Å²) in [6.07, 6.45) is -0.0304. The minimum Gasteiger partial charge on any atom is -0.382 e. The summed E-state index contributed by atoms with van der Waals surface area (Å²) in [6.45, 7) is 1.96. The van der Waals surface area contributed by atoms with Crippen molar-refractivity contribution < 1.29 is 23.9 Å². The van der Waals surface area contributed by atoms with Crippen molar-refractivity contribution in [2.75, 3.05) is 0 Å². The molecule has 0 bridgehead atoms. The number of aromatic nitrogens is 3. The van der Waals surface area contributed by atoms with Gasteiger partial charge < -0.3 is 5.11 Å². The summed E-state index contributed by atoms with van der Waals surface area (Å²) in [4.78, 5) is 13.5. The van der Waals surface area contributed by atoms with Gasteiger partial charge in [0.15, 0.2) is 0 Å². The van der Waals surface area contributed by atoms with Gasteiger partial charge >= 0.3 is 0 Å². The standard InChI is InChI=1S/C21H23F2N5O3/c1-20(19(29)27-31,21(2,30)18(22)23)24-13-14-3-5-15(6-4-14)16-7-9-17(10-8-16)28-25-11-12-26-28/h3-12,18,24,30-31H,13H2,1-2H3,(H,27,29)/t20-,21-/m1/s1. The van der Waals surface area contributed by atoms with Crippen molar-refractivity contribution in [1.82, 2.24) is 25.8 Å². The third-order valence-electron chi connectivity index (χ3n) is 5.44. The Hall–Kier alpha value is -3.21. The van der Waals surface area contributed by atoms with E-state index in [2.05, 4.69) is 15.5 Å². The molecule has 2 aromatic carbocycles. The summed E-state index contributed by atoms with van der Waals surface area (Å²) in [5.74, 6) is -1.17. The SMILES string of the molecule is C[C@@](NCc1ccc(-c2ccc(-n3nccn3)cc2)cc1)(C(=O)NO)[C@](C)(O)C(F)F. The van der Waals surface area contributed by atoms with E-state index in [1.54, 1.807) is 24.5 Å². The van der Waals surface area contributed by atoms with Gasteiger partial charge in [-0.1, -0.05) is 36.4 Å². The molecule has 0 radical (unpaired) electrons. The fourth-order valence-electron chi connectivity index (χ4n) is 3.05. The first-order valence-electron chi connectivity index (χ1n) is 9.45. The van der Waals surface area contributed by atoms with Crippen LogP contribution in [0.15, 0.2) is 60.9 Å². The number of hydroxylamine groups is 1. The molecular weight excluding hydrogens is 408 g/mol. The molecular formula is C21H23F2N5O3. The number of hydrogen-bond donors (Lipinski definition) is 4. The summed E-state index contributed by atoms with van der Waals surface area (Å²) >= 11 is 0. The number of alkyl halides is 2. The first-order chi connectivity index (χ1) is 14.7. The highest BCUT2D eigenvalue weighted by molar-refractivity contribution is 5.86. The number of aliphatic hydroxyl groups is 1. The molecule has 3 aromatic rings. The zero-order chi connectivity index (χ0) is 22.6. The fourth-order valence-corrected chi connectivity index (χ4v) is 3.05. The second kappa shape index (κ2) is 8.88. The Kier molecular flexibility index (Phi) is 6.44. The molecule has 0 aliphatic carbocycles. The number of nitrogens with zero attached hydrogens (tertiary/aromatic N) is 3. The Balaban J connectivity index is 1.73. The van der Waals surface area contributed by atoms with Crippen LogP contribution in [0.4, 0.5) is 8.78 Å². The van der Waals surface area contributed by atoms with Gasteiger partial charge in [-0.05, 0) is 42.7 Å². The normalized spacial score (nSPS) is 15.3. The van der Waals surface area contributed by atoms with Gasteiger partial charge in [0, 0.05) is 6.54 Å². The Morgan fingerprint density at radius 2 is 1.55 bits per heavy atom. The number of carbonyl (C=O) groups is 1. The van der Waals surface area contributed by atoms with Crippen LogP contribution in [0.25, 0.3) is 16.8 Å². The third kappa shape index (κ3) is 4.46. The van der Waals surface area contributed by atoms with E-state index >= 15 is 0 Å². The number of nitrogens with one attached hydrogen (secondary N) is 2. The van der Waals surface area contributed by atoms with Gasteiger partial charge in [0.2, 0.25) is 0 Å². The van der Waals surface area contributed by atoms with E-state index < -0.39 is 23.5 Å². The molecule has 2 atom stereocenters. The zero-order valence-electron chi connectivity index (χ0n) is 17.0. The quantitative estimate of drug-likeness (QED) is 0.322. The molecule has 0 saturated carbocycles. The van der Waals surface area contributed by atoms with Crippen molar-refractivity contribution in [3.63, 3.8) is 0 Å². The Labute approximate surface area is 177 Å². The molecule has 164 valence electrons. The molecule has 10 heteroatoms. The number of halogens is 2. The van der Waals surface area contributed by atoms with Crippen molar-refractivity contribution in [1.29, 1.82) is 0 Å². The van der Waals surface area contributed by atoms with E-state index in [1.807, 2.05) is 36.4 Å². The summed E-state index contributed by atoms with van der Waals surface area (Å²) in [7, 11) is 0. The molecule has 1 heterocycles. The van der Waals surface area contributed by atoms with Crippen molar-refractivity contribution in [2.45, 2.75) is 38.0 Å². The maximum absolute atomic E-state index is 13.3. The second-order valence-corrected chi connectivity index (χ2v) is 7.43. The molecule has 1 aromatic heterocycles. The molecule has 31 heavy (non-hydrogen) atoms. The minimum absolute atomic E-state index is 0.0109. The van der Waals surface area contributed by atoms with Gasteiger partial charge in [0.1, 0.15) is 11.1 Å². The minimum atomic E-state index is -3.22. The van der Waals surface area contributed by atoms with Crippen LogP contribution < -0.4 is 10.8 Å². The molecule has 4 N–H and O–H groups in total. The van der Waals surface area contributed by atoms with Gasteiger partial charge in [-0.25, -0.2) is 14.3 Å². The van der Waals surface area contributed by atoms with E-state index in [9.17, 15) is 18.7 Å². The lowest BCUT2D eigenvalue weighted by Gasteiger charge is -2.40. The van der Waals surface area contributed by atoms with Gasteiger partial charge in [-0.2, -0.15) is 15.0 Å². The average molecular weight is 431 g/mol. The van der Waals surface area contributed by atoms with Crippen LogP contribution >= 0.6 is 0 Å². The Morgan fingerprint density at radius 3 is 2.03 bits per heavy atom. The highest BCUT2D eigenvalue weighted by Gasteiger charge is 2.54. The van der Waals surface area contributed by atoms with Crippen LogP contribution in [-0.2, 0) is 11.3 Å². The zero-order valence-corrected chi connectivity index (χ0v) is 17.0. The average Bonchev–Trinajstić information content (AvgIpc) is 3.32. The maximum Gasteiger partial charge on any atom is 0.268 e. The fraction of sp³-hybridized carbons (Fsp3) is 0.286. The third-order valence-corrected chi connectivity index (χ3v) is 5.44. The number of carbonyl (C=O) groups excluding carboxylic acids is 1. The highest BCUT2D eigenvalue weighted by atomic mass is 19.3. The number of rotatable bonds is 8. The van der Waals surface area contributed by atoms with Gasteiger partial charge in [-0.15, -0.1) is 0 Å². The van der Waals surface area contributed by atoms with Crippen LogP contribution in [0.5, 0.6) is 0 Å². The van der Waals surface area contributed by atoms with E-state index in [0.717, 1.165) is 30.7 Å². The van der Waals surface area contributed by atoms with Crippen LogP contribution in [0, 0.1) is 0 Å². The second-order valence-electron chi connectivity index (χ2n) is 7.43. The summed E-state index contributed by atoms with van der Waals surface area (Å²) in [6, 6.07) is 14.9. The van der Waals surface area contributed by atoms with E-state index in [-0.39, 0.29) is 6.54 Å². The first kappa shape index (κ1) is 22.5. The topological polar surface area (TPSA) is 112 Å². The monoisotopic (exact) mass is 431 g/mol. The predicted octanol–water partition coefficient (Wildman–Crippen LogP) is 2.30. The lowest BCUT2D eigenvalue weighted by atomic mass is 9.81. The molecule has 0 spiro atoms. The summed E-state index contributed by atoms with van der Waals surface area (Å²) in [5.41, 5.74) is -0.101. The lowest BCUT2D eigenvalue weighted by molar-refractivity contribution is -0.167. The van der Waals surface area contributed by atoms with Crippen LogP contribution in [-0.4, -0.2) is 48.8 Å². The van der Waals surface area contributed by atoms with Crippen LogP contribution in [0.1, 0.15) is 19.4 Å². The molecule has 0 aliphatic rings. The van der Waals surface area contributed by atoms with E-state index in [4.69, 9.17) is 5.21 Å². The predicted molar refractivity (Wildman–Crippen MR) is 109 cm³/mol. The van der Waals surface area contributed by atoms with Crippen molar-refractivity contribution >= 4 is 5.91 Å². The molecule has 3 rings (SSSR count). The lowest BCUT2D eigenvalue weighted by Crippen LogP contribution is -2.69. The largest absolute Gasteiger partial charge is 0.382 e. The van der Waals surface area contributed by atoms with Gasteiger partial charge in [0.25, 0.3) is 12.3 Å². The Morgan fingerprint density at radius 1 is 1.03 bits per heavy atom. The van der Waals surface area contributed by atoms with Crippen molar-refractivity contribution in [2.24, 2.45) is 0 Å². The summed E-state index contributed by atoms with van der Waals surface area (Å²) in [5, 5.41) is 29.9. The van der Waals surface area contributed by atoms with Crippen molar-refractivity contribution in [3.8, 4) is 16.8 Å². The molecule has 0 aliphatic heterocycles. The van der Waals surface area contributed by atoms with Crippen molar-refractivity contribution in [3.05, 3.63) is 66.5 Å². The van der Waals surface area contributed by atoms with Crippen LogP contribution in [0.3, 0.4) is 0 Å².